The SMILES string of the molecule is C1=CC[N-]C(C2CCCC[N-]2)=C1.C[CH2][Sn][CH2]C.N#C[S-].N#C[S-]. The van der Waals surface area contributed by atoms with Crippen LogP contribution in [0.5, 0.6) is 0 Å². The molecule has 1 fully saturated rings. The fourth-order valence-electron chi connectivity index (χ4n) is 1.93. The minimum atomic E-state index is 0.218. The molecular formula is C16H24N4S2Sn-4. The first-order chi connectivity index (χ1) is 11.2. The van der Waals surface area contributed by atoms with Crippen LogP contribution < -0.4 is 0 Å². The zero-order valence-corrected chi connectivity index (χ0v) is 18.4. The Hall–Kier alpha value is -0.541. The summed E-state index contributed by atoms with van der Waals surface area (Å²) in [5, 5.41) is 25.9. The second-order valence-electron chi connectivity index (χ2n) is 4.42. The summed E-state index contributed by atoms with van der Waals surface area (Å²) in [6, 6.07) is 0.406. The average molecular weight is 455 g/mol. The Bertz CT molecular complexity index is 380. The first-order valence-electron chi connectivity index (χ1n) is 7.65. The largest absolute Gasteiger partial charge is 0.696 e. The van der Waals surface area contributed by atoms with Crippen LogP contribution in [0.15, 0.2) is 23.9 Å². The van der Waals surface area contributed by atoms with E-state index in [-0.39, 0.29) is 21.1 Å². The van der Waals surface area contributed by atoms with Crippen molar-refractivity contribution in [1.82, 2.24) is 0 Å². The molecule has 2 aliphatic rings. The predicted octanol–water partition coefficient (Wildman–Crippen LogP) is 4.34. The van der Waals surface area contributed by atoms with Gasteiger partial charge >= 0.3 is 43.9 Å². The molecule has 2 heterocycles. The van der Waals surface area contributed by atoms with Crippen LogP contribution in [0, 0.1) is 21.3 Å². The molecular weight excluding hydrogens is 431 g/mol. The van der Waals surface area contributed by atoms with Crippen molar-refractivity contribution in [3.05, 3.63) is 34.6 Å². The molecule has 128 valence electrons. The van der Waals surface area contributed by atoms with E-state index < -0.39 is 0 Å². The molecule has 2 aliphatic heterocycles. The van der Waals surface area contributed by atoms with Crippen LogP contribution in [-0.4, -0.2) is 40.3 Å². The van der Waals surface area contributed by atoms with Gasteiger partial charge in [-0.3, -0.25) is 0 Å². The summed E-state index contributed by atoms with van der Waals surface area (Å²) in [4.78, 5) is 0. The number of hydrogen-bond donors (Lipinski definition) is 0. The fraction of sp³-hybridized carbons (Fsp3) is 0.625. The predicted molar refractivity (Wildman–Crippen MR) is 104 cm³/mol. The summed E-state index contributed by atoms with van der Waals surface area (Å²) in [5.41, 5.74) is 1.19. The first kappa shape index (κ1) is 24.7. The normalized spacial score (nSPS) is 17.7. The summed E-state index contributed by atoms with van der Waals surface area (Å²) >= 11 is 7.62. The van der Waals surface area contributed by atoms with Crippen LogP contribution in [0.4, 0.5) is 0 Å². The van der Waals surface area contributed by atoms with Gasteiger partial charge < -0.3 is 35.9 Å². The van der Waals surface area contributed by atoms with Crippen molar-refractivity contribution in [2.24, 2.45) is 0 Å². The van der Waals surface area contributed by atoms with Crippen LogP contribution in [0.25, 0.3) is 10.6 Å². The zero-order chi connectivity index (χ0) is 17.8. The Morgan fingerprint density at radius 1 is 1.22 bits per heavy atom. The smallest absolute Gasteiger partial charge is 0.0797 e. The Morgan fingerprint density at radius 2 is 1.83 bits per heavy atom. The van der Waals surface area contributed by atoms with E-state index in [4.69, 9.17) is 10.5 Å². The second kappa shape index (κ2) is 21.5. The third kappa shape index (κ3) is 17.6. The number of piperidine rings is 1. The number of allylic oxidation sites excluding steroid dienone is 2. The molecule has 0 aliphatic carbocycles. The van der Waals surface area contributed by atoms with E-state index in [1.165, 1.54) is 44.6 Å². The van der Waals surface area contributed by atoms with Gasteiger partial charge in [-0.25, -0.2) is 10.5 Å². The van der Waals surface area contributed by atoms with Gasteiger partial charge in [-0.05, 0) is 0 Å². The molecule has 0 bridgehead atoms. The van der Waals surface area contributed by atoms with Gasteiger partial charge in [0.25, 0.3) is 0 Å². The number of hydrogen-bond acceptors (Lipinski definition) is 4. The number of nitriles is 2. The van der Waals surface area contributed by atoms with Gasteiger partial charge in [0.1, 0.15) is 0 Å². The van der Waals surface area contributed by atoms with Gasteiger partial charge in [-0.15, -0.1) is 25.2 Å². The monoisotopic (exact) mass is 456 g/mol. The maximum Gasteiger partial charge on any atom is -0.0797 e. The van der Waals surface area contributed by atoms with E-state index in [0.29, 0.717) is 6.04 Å². The molecule has 0 aromatic rings. The van der Waals surface area contributed by atoms with Crippen LogP contribution >= 0.6 is 0 Å². The van der Waals surface area contributed by atoms with E-state index in [1.54, 1.807) is 0 Å². The molecule has 0 amide bonds. The molecule has 0 saturated carbocycles. The minimum Gasteiger partial charge on any atom is -0.696 e. The zero-order valence-electron chi connectivity index (χ0n) is 13.9. The molecule has 4 nitrogen and oxygen atoms in total. The molecule has 1 unspecified atom stereocenters. The van der Waals surface area contributed by atoms with Crippen molar-refractivity contribution in [2.75, 3.05) is 13.1 Å². The number of thiocyanates is 2. The van der Waals surface area contributed by atoms with Crippen molar-refractivity contribution < 1.29 is 0 Å². The molecule has 0 N–H and O–H groups in total. The molecule has 0 aromatic carbocycles. The van der Waals surface area contributed by atoms with E-state index in [1.807, 2.05) is 0 Å². The molecule has 1 atom stereocenters. The van der Waals surface area contributed by atoms with Crippen molar-refractivity contribution in [3.63, 3.8) is 0 Å². The van der Waals surface area contributed by atoms with Crippen molar-refractivity contribution in [3.8, 4) is 10.8 Å². The third-order valence-corrected chi connectivity index (χ3v) is 5.71. The summed E-state index contributed by atoms with van der Waals surface area (Å²) in [7, 11) is 0. The van der Waals surface area contributed by atoms with Crippen molar-refractivity contribution in [1.29, 1.82) is 10.5 Å². The van der Waals surface area contributed by atoms with Crippen LogP contribution in [-0.2, 0) is 25.3 Å². The van der Waals surface area contributed by atoms with E-state index in [2.05, 4.69) is 68.0 Å². The maximum absolute atomic E-state index is 7.13. The van der Waals surface area contributed by atoms with Gasteiger partial charge in [0, 0.05) is 0 Å². The Balaban J connectivity index is 0. The van der Waals surface area contributed by atoms with Gasteiger partial charge in [-0.1, -0.05) is 42.2 Å². The molecule has 2 rings (SSSR count). The van der Waals surface area contributed by atoms with Crippen LogP contribution in [0.1, 0.15) is 33.1 Å². The average Bonchev–Trinajstić information content (AvgIpc) is 2.59. The van der Waals surface area contributed by atoms with Crippen molar-refractivity contribution >= 4 is 46.4 Å². The van der Waals surface area contributed by atoms with E-state index in [9.17, 15) is 0 Å². The summed E-state index contributed by atoms with van der Waals surface area (Å²) in [6.45, 7) is 6.45. The topological polar surface area (TPSA) is 75.8 Å². The number of nitrogens with zero attached hydrogens (tertiary/aromatic N) is 4. The van der Waals surface area contributed by atoms with Crippen LogP contribution in [0.3, 0.4) is 0 Å². The van der Waals surface area contributed by atoms with Crippen molar-refractivity contribution in [2.45, 2.75) is 48.0 Å². The van der Waals surface area contributed by atoms with Crippen LogP contribution in [0.2, 0.25) is 8.87 Å². The molecule has 7 heteroatoms. The van der Waals surface area contributed by atoms with Gasteiger partial charge in [0.2, 0.25) is 0 Å². The standard InChI is InChI=1S/C10H14N2.2C2H5.2CHNS.Sn/c1-3-7-11-9(5-1)10-6-2-4-8-12-10;2*1-2;2*2-1-3;/h1,3,5,10H,2,4,6-8H2;2*1H2,2H3;2*3H;/q-2;;;;;/p-2. The minimum absolute atomic E-state index is 0.218. The molecule has 0 aromatic heterocycles. The first-order valence-corrected chi connectivity index (χ1v) is 12.5. The molecule has 1 saturated heterocycles. The second-order valence-corrected chi connectivity index (χ2v) is 10.2. The Kier molecular flexibility index (Phi) is 23.1. The Morgan fingerprint density at radius 3 is 2.17 bits per heavy atom. The van der Waals surface area contributed by atoms with E-state index >= 15 is 0 Å². The summed E-state index contributed by atoms with van der Waals surface area (Å²) in [5.74, 6) is 0. The molecule has 2 radical (unpaired) electrons. The van der Waals surface area contributed by atoms with Gasteiger partial charge in [0.05, 0.1) is 0 Å². The van der Waals surface area contributed by atoms with E-state index in [0.717, 1.165) is 13.1 Å². The fourth-order valence-corrected chi connectivity index (χ4v) is 3.36. The van der Waals surface area contributed by atoms with Gasteiger partial charge in [0.15, 0.2) is 0 Å². The summed E-state index contributed by atoms with van der Waals surface area (Å²) in [6.07, 6.45) is 10.0. The quantitative estimate of drug-likeness (QED) is 0.361. The summed E-state index contributed by atoms with van der Waals surface area (Å²) < 4.78 is 3.03. The molecule has 0 spiro atoms. The van der Waals surface area contributed by atoms with Gasteiger partial charge in [-0.2, -0.15) is 5.70 Å². The number of rotatable bonds is 3. The Labute approximate surface area is 162 Å². The maximum atomic E-state index is 7.13. The molecule has 23 heavy (non-hydrogen) atoms. The third-order valence-electron chi connectivity index (χ3n) is 2.86.